The molecule has 0 saturated heterocycles. The molecule has 0 aromatic carbocycles. The summed E-state index contributed by atoms with van der Waals surface area (Å²) >= 11 is 0. The summed E-state index contributed by atoms with van der Waals surface area (Å²) in [4.78, 5) is 23.2. The molecule has 2 atom stereocenters. The van der Waals surface area contributed by atoms with Gasteiger partial charge in [0, 0.05) is 12.5 Å². The second-order valence-electron chi connectivity index (χ2n) is 5.34. The Morgan fingerprint density at radius 2 is 1.94 bits per heavy atom. The molecule has 4 nitrogen and oxygen atoms in total. The average molecular weight is 227 g/mol. The van der Waals surface area contributed by atoms with E-state index in [2.05, 4.69) is 5.32 Å². The standard InChI is InChI=1S/C12H21NO3/c1-5-13-9(14)8-6-7-12(4,10(15)16)11(8,2)3/h8H,5-7H2,1-4H3,(H,13,14)(H,15,16). The van der Waals surface area contributed by atoms with Crippen LogP contribution >= 0.6 is 0 Å². The van der Waals surface area contributed by atoms with E-state index in [0.29, 0.717) is 19.4 Å². The van der Waals surface area contributed by atoms with Crippen molar-refractivity contribution in [1.82, 2.24) is 5.32 Å². The van der Waals surface area contributed by atoms with Gasteiger partial charge in [0.1, 0.15) is 0 Å². The number of aliphatic carboxylic acids is 1. The van der Waals surface area contributed by atoms with E-state index in [1.54, 1.807) is 6.92 Å². The molecule has 0 heterocycles. The van der Waals surface area contributed by atoms with Crippen LogP contribution in [0, 0.1) is 16.7 Å². The lowest BCUT2D eigenvalue weighted by Gasteiger charge is -2.37. The number of carboxylic acids is 1. The van der Waals surface area contributed by atoms with Crippen LogP contribution in [0.3, 0.4) is 0 Å². The van der Waals surface area contributed by atoms with Crippen molar-refractivity contribution >= 4 is 11.9 Å². The van der Waals surface area contributed by atoms with Crippen LogP contribution < -0.4 is 5.32 Å². The second-order valence-corrected chi connectivity index (χ2v) is 5.34. The maximum Gasteiger partial charge on any atom is 0.309 e. The summed E-state index contributed by atoms with van der Waals surface area (Å²) in [5.74, 6) is -1.02. The number of carbonyl (C=O) groups is 2. The van der Waals surface area contributed by atoms with Gasteiger partial charge >= 0.3 is 5.97 Å². The largest absolute Gasteiger partial charge is 0.481 e. The number of hydrogen-bond acceptors (Lipinski definition) is 2. The van der Waals surface area contributed by atoms with Gasteiger partial charge in [0.15, 0.2) is 0 Å². The Labute approximate surface area is 96.4 Å². The Morgan fingerprint density at radius 3 is 2.31 bits per heavy atom. The fourth-order valence-corrected chi connectivity index (χ4v) is 2.64. The number of amides is 1. The highest BCUT2D eigenvalue weighted by Gasteiger charge is 2.58. The first kappa shape index (κ1) is 13.0. The van der Waals surface area contributed by atoms with Gasteiger partial charge in [-0.3, -0.25) is 9.59 Å². The van der Waals surface area contributed by atoms with Crippen molar-refractivity contribution in [2.45, 2.75) is 40.5 Å². The van der Waals surface area contributed by atoms with Crippen LogP contribution in [-0.4, -0.2) is 23.5 Å². The first-order chi connectivity index (χ1) is 7.27. The maximum absolute atomic E-state index is 11.9. The Kier molecular flexibility index (Phi) is 3.31. The molecule has 1 fully saturated rings. The lowest BCUT2D eigenvalue weighted by molar-refractivity contribution is -0.155. The Balaban J connectivity index is 2.96. The van der Waals surface area contributed by atoms with Gasteiger partial charge < -0.3 is 10.4 Å². The Bertz CT molecular complexity index is 311. The monoisotopic (exact) mass is 227 g/mol. The molecule has 1 aliphatic carbocycles. The molecule has 1 saturated carbocycles. The summed E-state index contributed by atoms with van der Waals surface area (Å²) in [6.45, 7) is 7.97. The van der Waals surface area contributed by atoms with Crippen molar-refractivity contribution in [3.05, 3.63) is 0 Å². The van der Waals surface area contributed by atoms with E-state index in [4.69, 9.17) is 0 Å². The lowest BCUT2D eigenvalue weighted by Crippen LogP contribution is -2.45. The molecule has 0 radical (unpaired) electrons. The predicted octanol–water partition coefficient (Wildman–Crippen LogP) is 1.65. The van der Waals surface area contributed by atoms with E-state index in [-0.39, 0.29) is 11.8 Å². The van der Waals surface area contributed by atoms with Crippen molar-refractivity contribution in [1.29, 1.82) is 0 Å². The molecular weight excluding hydrogens is 206 g/mol. The van der Waals surface area contributed by atoms with Crippen molar-refractivity contribution in [2.24, 2.45) is 16.7 Å². The van der Waals surface area contributed by atoms with Gasteiger partial charge in [-0.2, -0.15) is 0 Å². The molecule has 2 N–H and O–H groups in total. The van der Waals surface area contributed by atoms with Crippen LogP contribution in [0.2, 0.25) is 0 Å². The number of carbonyl (C=O) groups excluding carboxylic acids is 1. The SMILES string of the molecule is CCNC(=O)C1CCC(C)(C(=O)O)C1(C)C. The fourth-order valence-electron chi connectivity index (χ4n) is 2.64. The molecular formula is C12H21NO3. The van der Waals surface area contributed by atoms with E-state index >= 15 is 0 Å². The van der Waals surface area contributed by atoms with Gasteiger partial charge in [-0.05, 0) is 32.1 Å². The van der Waals surface area contributed by atoms with Crippen LogP contribution in [-0.2, 0) is 9.59 Å². The third kappa shape index (κ3) is 1.70. The lowest BCUT2D eigenvalue weighted by atomic mass is 9.65. The molecule has 1 aliphatic rings. The molecule has 0 aliphatic heterocycles. The minimum Gasteiger partial charge on any atom is -0.481 e. The first-order valence-corrected chi connectivity index (χ1v) is 5.78. The molecule has 16 heavy (non-hydrogen) atoms. The molecule has 1 rings (SSSR count). The van der Waals surface area contributed by atoms with E-state index in [0.717, 1.165) is 0 Å². The highest BCUT2D eigenvalue weighted by Crippen LogP contribution is 2.56. The van der Waals surface area contributed by atoms with E-state index < -0.39 is 16.8 Å². The summed E-state index contributed by atoms with van der Waals surface area (Å²) in [5.41, 5.74) is -1.30. The molecule has 0 aromatic rings. The molecule has 0 bridgehead atoms. The van der Waals surface area contributed by atoms with Gasteiger partial charge in [-0.1, -0.05) is 13.8 Å². The van der Waals surface area contributed by atoms with Crippen LogP contribution in [0.15, 0.2) is 0 Å². The van der Waals surface area contributed by atoms with Crippen LogP contribution in [0.25, 0.3) is 0 Å². The molecule has 1 amide bonds. The third-order valence-corrected chi connectivity index (χ3v) is 4.37. The van der Waals surface area contributed by atoms with Gasteiger partial charge in [-0.25, -0.2) is 0 Å². The van der Waals surface area contributed by atoms with E-state index in [9.17, 15) is 14.7 Å². The molecule has 92 valence electrons. The zero-order valence-corrected chi connectivity index (χ0v) is 10.5. The normalized spacial score (nSPS) is 32.4. The van der Waals surface area contributed by atoms with Crippen LogP contribution in [0.4, 0.5) is 0 Å². The third-order valence-electron chi connectivity index (χ3n) is 4.37. The summed E-state index contributed by atoms with van der Waals surface area (Å²) in [6, 6.07) is 0. The van der Waals surface area contributed by atoms with Gasteiger partial charge in [0.25, 0.3) is 0 Å². The fraction of sp³-hybridized carbons (Fsp3) is 0.833. The number of carboxylic acid groups (broad SMARTS) is 1. The van der Waals surface area contributed by atoms with Crippen LogP contribution in [0.5, 0.6) is 0 Å². The molecule has 2 unspecified atom stereocenters. The van der Waals surface area contributed by atoms with Crippen molar-refractivity contribution in [3.63, 3.8) is 0 Å². The van der Waals surface area contributed by atoms with Gasteiger partial charge in [0.05, 0.1) is 5.41 Å². The van der Waals surface area contributed by atoms with E-state index in [1.807, 2.05) is 20.8 Å². The molecule has 4 heteroatoms. The first-order valence-electron chi connectivity index (χ1n) is 5.78. The number of rotatable bonds is 3. The topological polar surface area (TPSA) is 66.4 Å². The molecule has 0 spiro atoms. The summed E-state index contributed by atoms with van der Waals surface area (Å²) in [5, 5.41) is 12.1. The van der Waals surface area contributed by atoms with Crippen molar-refractivity contribution in [2.75, 3.05) is 6.54 Å². The zero-order chi connectivity index (χ0) is 12.6. The summed E-state index contributed by atoms with van der Waals surface area (Å²) in [6.07, 6.45) is 1.22. The van der Waals surface area contributed by atoms with Crippen molar-refractivity contribution in [3.8, 4) is 0 Å². The van der Waals surface area contributed by atoms with Crippen LogP contribution in [0.1, 0.15) is 40.5 Å². The summed E-state index contributed by atoms with van der Waals surface area (Å²) < 4.78 is 0. The Morgan fingerprint density at radius 1 is 1.38 bits per heavy atom. The quantitative estimate of drug-likeness (QED) is 0.770. The summed E-state index contributed by atoms with van der Waals surface area (Å²) in [7, 11) is 0. The van der Waals surface area contributed by atoms with Gasteiger partial charge in [-0.15, -0.1) is 0 Å². The predicted molar refractivity (Wildman–Crippen MR) is 60.9 cm³/mol. The number of nitrogens with one attached hydrogen (secondary N) is 1. The average Bonchev–Trinajstić information content (AvgIpc) is 2.40. The number of hydrogen-bond donors (Lipinski definition) is 2. The smallest absolute Gasteiger partial charge is 0.309 e. The highest BCUT2D eigenvalue weighted by molar-refractivity contribution is 5.83. The second kappa shape index (κ2) is 4.07. The van der Waals surface area contributed by atoms with Crippen molar-refractivity contribution < 1.29 is 14.7 Å². The van der Waals surface area contributed by atoms with E-state index in [1.165, 1.54) is 0 Å². The highest BCUT2D eigenvalue weighted by atomic mass is 16.4. The molecule has 0 aromatic heterocycles. The Hall–Kier alpha value is -1.06. The minimum absolute atomic E-state index is 0.0162. The van der Waals surface area contributed by atoms with Gasteiger partial charge in [0.2, 0.25) is 5.91 Å². The minimum atomic E-state index is -0.803. The zero-order valence-electron chi connectivity index (χ0n) is 10.5. The maximum atomic E-state index is 11.9.